The largest absolute Gasteiger partial charge is 0.399 e. The van der Waals surface area contributed by atoms with Gasteiger partial charge in [0.2, 0.25) is 5.91 Å². The highest BCUT2D eigenvalue weighted by Crippen LogP contribution is 2.65. The Hall–Kier alpha value is -1.93. The van der Waals surface area contributed by atoms with Crippen molar-refractivity contribution in [3.05, 3.63) is 85.6 Å². The number of nitrogens with two attached hydrogens (primary N) is 1. The summed E-state index contributed by atoms with van der Waals surface area (Å²) in [4.78, 5) is 25.7. The number of alkyl halides is 2. The quantitative estimate of drug-likeness (QED) is 0.160. The minimum absolute atomic E-state index is 0.00193. The van der Waals surface area contributed by atoms with E-state index in [-0.39, 0.29) is 42.7 Å². The van der Waals surface area contributed by atoms with Crippen LogP contribution in [0.4, 0.5) is 21.5 Å². The SMILES string of the molecule is Nc1ccc(F)c(NC(=O)c2cc(NC(=O)[C@H]3[C@H](c4cc(Cl)c(Cl)c(Cl)c4)C3(Cl)Cl)ccc2Cl)c1. The third-order valence-electron chi connectivity index (χ3n) is 5.42. The summed E-state index contributed by atoms with van der Waals surface area (Å²) in [5, 5.41) is 5.76. The van der Waals surface area contributed by atoms with Gasteiger partial charge in [0.15, 0.2) is 0 Å². The molecule has 0 unspecified atom stereocenters. The Kier molecular flexibility index (Phi) is 7.36. The van der Waals surface area contributed by atoms with Crippen LogP contribution in [0.3, 0.4) is 0 Å². The van der Waals surface area contributed by atoms with E-state index in [9.17, 15) is 14.0 Å². The maximum Gasteiger partial charge on any atom is 0.257 e. The van der Waals surface area contributed by atoms with Gasteiger partial charge in [0.05, 0.1) is 37.3 Å². The smallest absolute Gasteiger partial charge is 0.257 e. The van der Waals surface area contributed by atoms with Crippen molar-refractivity contribution in [3.8, 4) is 0 Å². The van der Waals surface area contributed by atoms with Gasteiger partial charge in [0.1, 0.15) is 10.2 Å². The van der Waals surface area contributed by atoms with Crippen LogP contribution >= 0.6 is 69.6 Å². The molecule has 0 radical (unpaired) electrons. The Morgan fingerprint density at radius 1 is 0.886 bits per heavy atom. The van der Waals surface area contributed by atoms with Gasteiger partial charge in [-0.1, -0.05) is 46.4 Å². The molecular weight excluding hydrogens is 582 g/mol. The third kappa shape index (κ3) is 5.29. The number of rotatable bonds is 5. The first-order valence-electron chi connectivity index (χ1n) is 9.89. The van der Waals surface area contributed by atoms with Crippen LogP contribution in [0.15, 0.2) is 48.5 Å². The lowest BCUT2D eigenvalue weighted by Crippen LogP contribution is -2.18. The molecule has 2 amide bonds. The maximum absolute atomic E-state index is 14.0. The summed E-state index contributed by atoms with van der Waals surface area (Å²) < 4.78 is 12.6. The minimum atomic E-state index is -1.41. The maximum atomic E-state index is 14.0. The second-order valence-electron chi connectivity index (χ2n) is 7.81. The second-order valence-corrected chi connectivity index (χ2v) is 10.8. The van der Waals surface area contributed by atoms with Crippen LogP contribution < -0.4 is 16.4 Å². The van der Waals surface area contributed by atoms with Crippen LogP contribution in [0.5, 0.6) is 0 Å². The number of hydrogen-bond donors (Lipinski definition) is 3. The zero-order valence-corrected chi connectivity index (χ0v) is 21.8. The molecule has 1 fully saturated rings. The number of carbonyl (C=O) groups is 2. The predicted octanol–water partition coefficient (Wildman–Crippen LogP) is 7.80. The van der Waals surface area contributed by atoms with Gasteiger partial charge in [-0.15, -0.1) is 23.2 Å². The Bertz CT molecular complexity index is 1340. The number of halogens is 7. The van der Waals surface area contributed by atoms with Gasteiger partial charge >= 0.3 is 0 Å². The molecule has 3 aromatic carbocycles. The lowest BCUT2D eigenvalue weighted by atomic mass is 10.1. The number of nitrogen functional groups attached to an aromatic ring is 1. The molecule has 12 heteroatoms. The number of nitrogens with one attached hydrogen (secondary N) is 2. The van der Waals surface area contributed by atoms with E-state index < -0.39 is 33.8 Å². The molecule has 0 aromatic heterocycles. The monoisotopic (exact) mass is 593 g/mol. The summed E-state index contributed by atoms with van der Waals surface area (Å²) in [7, 11) is 0. The molecule has 0 bridgehead atoms. The Balaban J connectivity index is 1.53. The van der Waals surface area contributed by atoms with Crippen molar-refractivity contribution in [2.75, 3.05) is 16.4 Å². The van der Waals surface area contributed by atoms with Crippen molar-refractivity contribution in [1.29, 1.82) is 0 Å². The normalized spacial score (nSPS) is 18.1. The van der Waals surface area contributed by atoms with Crippen LogP contribution in [0.1, 0.15) is 21.8 Å². The van der Waals surface area contributed by atoms with Crippen molar-refractivity contribution in [1.82, 2.24) is 0 Å². The molecule has 0 spiro atoms. The Morgan fingerprint density at radius 2 is 1.54 bits per heavy atom. The fraction of sp³-hybridized carbons (Fsp3) is 0.130. The molecule has 0 heterocycles. The fourth-order valence-electron chi connectivity index (χ4n) is 3.65. The molecule has 5 nitrogen and oxygen atoms in total. The molecule has 0 aliphatic heterocycles. The molecule has 1 saturated carbocycles. The number of carbonyl (C=O) groups excluding carboxylic acids is 2. The third-order valence-corrected chi connectivity index (χ3v) is 7.89. The van der Waals surface area contributed by atoms with Crippen LogP contribution in [0.25, 0.3) is 0 Å². The first-order chi connectivity index (χ1) is 16.4. The Morgan fingerprint density at radius 3 is 2.20 bits per heavy atom. The van der Waals surface area contributed by atoms with E-state index in [1.165, 1.54) is 30.3 Å². The summed E-state index contributed by atoms with van der Waals surface area (Å²) in [6.45, 7) is 0. The molecular formula is C23H14Cl6FN3O2. The molecule has 1 aliphatic rings. The summed E-state index contributed by atoms with van der Waals surface area (Å²) in [6.07, 6.45) is 0. The zero-order chi connectivity index (χ0) is 25.7. The van der Waals surface area contributed by atoms with Crippen molar-refractivity contribution in [3.63, 3.8) is 0 Å². The second kappa shape index (κ2) is 9.85. The van der Waals surface area contributed by atoms with Gasteiger partial charge in [-0.25, -0.2) is 4.39 Å². The zero-order valence-electron chi connectivity index (χ0n) is 17.3. The highest BCUT2D eigenvalue weighted by Gasteiger charge is 2.67. The highest BCUT2D eigenvalue weighted by molar-refractivity contribution is 6.54. The van der Waals surface area contributed by atoms with E-state index in [1.54, 1.807) is 12.1 Å². The van der Waals surface area contributed by atoms with E-state index in [2.05, 4.69) is 10.6 Å². The van der Waals surface area contributed by atoms with Crippen molar-refractivity contribution in [2.45, 2.75) is 10.3 Å². The summed E-state index contributed by atoms with van der Waals surface area (Å²) in [6, 6.07) is 11.1. The number of benzene rings is 3. The van der Waals surface area contributed by atoms with Crippen LogP contribution in [-0.4, -0.2) is 16.1 Å². The van der Waals surface area contributed by atoms with E-state index in [0.717, 1.165) is 6.07 Å². The van der Waals surface area contributed by atoms with E-state index >= 15 is 0 Å². The molecule has 4 N–H and O–H groups in total. The van der Waals surface area contributed by atoms with Crippen molar-refractivity contribution < 1.29 is 14.0 Å². The van der Waals surface area contributed by atoms with E-state index in [0.29, 0.717) is 5.56 Å². The van der Waals surface area contributed by atoms with Gasteiger partial charge in [-0.05, 0) is 54.1 Å². The average Bonchev–Trinajstić information content (AvgIpc) is 3.37. The van der Waals surface area contributed by atoms with Gasteiger partial charge < -0.3 is 16.4 Å². The van der Waals surface area contributed by atoms with Gasteiger partial charge in [0.25, 0.3) is 5.91 Å². The average molecular weight is 596 g/mol. The minimum Gasteiger partial charge on any atom is -0.399 e. The van der Waals surface area contributed by atoms with Gasteiger partial charge in [-0.2, -0.15) is 0 Å². The predicted molar refractivity (Wildman–Crippen MR) is 141 cm³/mol. The Labute approximate surface area is 229 Å². The molecule has 3 aromatic rings. The molecule has 182 valence electrons. The summed E-state index contributed by atoms with van der Waals surface area (Å²) in [5.41, 5.74) is 6.60. The van der Waals surface area contributed by atoms with E-state index in [4.69, 9.17) is 75.3 Å². The highest BCUT2D eigenvalue weighted by atomic mass is 35.5. The van der Waals surface area contributed by atoms with Crippen LogP contribution in [0.2, 0.25) is 20.1 Å². The lowest BCUT2D eigenvalue weighted by Gasteiger charge is -2.11. The van der Waals surface area contributed by atoms with Crippen molar-refractivity contribution in [2.24, 2.45) is 5.92 Å². The van der Waals surface area contributed by atoms with Gasteiger partial charge in [0, 0.05) is 17.3 Å². The molecule has 1 aliphatic carbocycles. The van der Waals surface area contributed by atoms with E-state index in [1.807, 2.05) is 0 Å². The van der Waals surface area contributed by atoms with Crippen LogP contribution in [0, 0.1) is 11.7 Å². The fourth-order valence-corrected chi connectivity index (χ4v) is 5.29. The molecule has 0 saturated heterocycles. The lowest BCUT2D eigenvalue weighted by molar-refractivity contribution is -0.117. The number of anilines is 3. The van der Waals surface area contributed by atoms with Crippen LogP contribution in [-0.2, 0) is 4.79 Å². The number of hydrogen-bond acceptors (Lipinski definition) is 3. The molecule has 35 heavy (non-hydrogen) atoms. The first kappa shape index (κ1) is 26.1. The molecule has 2 atom stereocenters. The standard InChI is InChI=1S/C23H14Cl6FN3O2/c24-13-3-2-11(8-12(13)21(34)33-17-7-10(31)1-4-16(17)30)32-22(35)19-18(23(19,28)29)9-5-14(25)20(27)15(26)6-9/h1-8,18-19H,31H2,(H,32,35)(H,33,34)/t18-,19+/m0/s1. The first-order valence-corrected chi connectivity index (χ1v) is 12.2. The molecule has 4 rings (SSSR count). The van der Waals surface area contributed by atoms with Crippen molar-refractivity contribution >= 4 is 98.5 Å². The topological polar surface area (TPSA) is 84.2 Å². The summed E-state index contributed by atoms with van der Waals surface area (Å²) >= 11 is 37.1. The van der Waals surface area contributed by atoms with Gasteiger partial charge in [-0.3, -0.25) is 9.59 Å². The number of amides is 2. The summed E-state index contributed by atoms with van der Waals surface area (Å²) in [5.74, 6) is -3.31.